The first-order valence-corrected chi connectivity index (χ1v) is 9.10. The lowest BCUT2D eigenvalue weighted by Crippen LogP contribution is -2.41. The van der Waals surface area contributed by atoms with Crippen LogP contribution in [0.25, 0.3) is 0 Å². The predicted molar refractivity (Wildman–Crippen MR) is 90.5 cm³/mol. The summed E-state index contributed by atoms with van der Waals surface area (Å²) in [4.78, 5) is 2.55. The lowest BCUT2D eigenvalue weighted by molar-refractivity contribution is 0.208. The molecule has 0 radical (unpaired) electrons. The van der Waals surface area contributed by atoms with Crippen molar-refractivity contribution in [2.24, 2.45) is 0 Å². The Bertz CT molecular complexity index is 359. The number of hydrogen-bond acceptors (Lipinski definition) is 3. The zero-order chi connectivity index (χ0) is 14.2. The maximum atomic E-state index is 3.81. The van der Waals surface area contributed by atoms with Crippen LogP contribution < -0.4 is 5.32 Å². The van der Waals surface area contributed by atoms with Crippen LogP contribution in [0.4, 0.5) is 0 Å². The molecule has 20 heavy (non-hydrogen) atoms. The summed E-state index contributed by atoms with van der Waals surface area (Å²) in [6.45, 7) is 7.80. The highest BCUT2D eigenvalue weighted by Crippen LogP contribution is 2.21. The van der Waals surface area contributed by atoms with Gasteiger partial charge in [-0.05, 0) is 37.2 Å². The Labute approximate surface area is 128 Å². The van der Waals surface area contributed by atoms with Crippen LogP contribution in [-0.2, 0) is 0 Å². The molecule has 1 aromatic carbocycles. The molecular formula is C17H28N2S. The summed E-state index contributed by atoms with van der Waals surface area (Å²) >= 11 is 2.09. The fourth-order valence-corrected chi connectivity index (χ4v) is 4.08. The third kappa shape index (κ3) is 4.51. The van der Waals surface area contributed by atoms with Crippen LogP contribution in [0.2, 0.25) is 0 Å². The summed E-state index contributed by atoms with van der Waals surface area (Å²) in [5, 5.41) is 3.81. The van der Waals surface area contributed by atoms with Crippen molar-refractivity contribution in [3.63, 3.8) is 0 Å². The topological polar surface area (TPSA) is 15.3 Å². The summed E-state index contributed by atoms with van der Waals surface area (Å²) in [5.74, 6) is 2.62. The van der Waals surface area contributed by atoms with Crippen LogP contribution in [0.3, 0.4) is 0 Å². The molecule has 3 heteroatoms. The van der Waals surface area contributed by atoms with Gasteiger partial charge in [0.2, 0.25) is 0 Å². The van der Waals surface area contributed by atoms with E-state index in [1.807, 2.05) is 0 Å². The molecule has 2 atom stereocenters. The Balaban J connectivity index is 1.98. The Morgan fingerprint density at radius 1 is 1.25 bits per heavy atom. The van der Waals surface area contributed by atoms with Crippen molar-refractivity contribution in [1.82, 2.24) is 10.2 Å². The van der Waals surface area contributed by atoms with E-state index < -0.39 is 0 Å². The lowest BCUT2D eigenvalue weighted by Gasteiger charge is -2.32. The molecule has 0 saturated carbocycles. The minimum absolute atomic E-state index is 0.498. The van der Waals surface area contributed by atoms with Crippen molar-refractivity contribution in [3.05, 3.63) is 35.9 Å². The second-order valence-corrected chi connectivity index (χ2v) is 6.62. The number of nitrogens with one attached hydrogen (secondary N) is 1. The molecular weight excluding hydrogens is 264 g/mol. The zero-order valence-corrected chi connectivity index (χ0v) is 13.7. The molecule has 0 bridgehead atoms. The number of hydrogen-bond donors (Lipinski definition) is 1. The molecule has 1 saturated heterocycles. The number of thioether (sulfide) groups is 1. The van der Waals surface area contributed by atoms with Crippen molar-refractivity contribution >= 4 is 11.8 Å². The first-order valence-electron chi connectivity index (χ1n) is 7.95. The maximum Gasteiger partial charge on any atom is 0.0472 e. The van der Waals surface area contributed by atoms with Gasteiger partial charge in [-0.2, -0.15) is 11.8 Å². The fourth-order valence-electron chi connectivity index (χ4n) is 2.98. The van der Waals surface area contributed by atoms with Crippen molar-refractivity contribution in [1.29, 1.82) is 0 Å². The average molecular weight is 292 g/mol. The second-order valence-electron chi connectivity index (χ2n) is 5.47. The number of nitrogens with zero attached hydrogens (tertiary/aromatic N) is 1. The number of benzene rings is 1. The minimum Gasteiger partial charge on any atom is -0.311 e. The fraction of sp³-hybridized carbons (Fsp3) is 0.647. The second kappa shape index (κ2) is 8.71. The third-order valence-corrected chi connectivity index (χ3v) is 5.41. The van der Waals surface area contributed by atoms with E-state index in [9.17, 15) is 0 Å². The molecule has 2 unspecified atom stereocenters. The summed E-state index contributed by atoms with van der Waals surface area (Å²) < 4.78 is 0. The summed E-state index contributed by atoms with van der Waals surface area (Å²) in [7, 11) is 0. The first-order chi connectivity index (χ1) is 9.85. The van der Waals surface area contributed by atoms with Crippen molar-refractivity contribution in [2.45, 2.75) is 38.8 Å². The van der Waals surface area contributed by atoms with Crippen molar-refractivity contribution < 1.29 is 0 Å². The Morgan fingerprint density at radius 3 is 2.60 bits per heavy atom. The van der Waals surface area contributed by atoms with Crippen LogP contribution >= 0.6 is 11.8 Å². The summed E-state index contributed by atoms with van der Waals surface area (Å²) in [6.07, 6.45) is 2.70. The average Bonchev–Trinajstić information content (AvgIpc) is 2.53. The van der Waals surface area contributed by atoms with Gasteiger partial charge < -0.3 is 5.32 Å². The van der Waals surface area contributed by atoms with Crippen LogP contribution in [-0.4, -0.2) is 42.1 Å². The molecule has 0 aliphatic carbocycles. The van der Waals surface area contributed by atoms with Gasteiger partial charge in [0.1, 0.15) is 0 Å². The summed E-state index contributed by atoms with van der Waals surface area (Å²) in [5.41, 5.74) is 1.44. The van der Waals surface area contributed by atoms with Gasteiger partial charge in [0.25, 0.3) is 0 Å². The highest BCUT2D eigenvalue weighted by molar-refractivity contribution is 7.99. The molecule has 1 heterocycles. The lowest BCUT2D eigenvalue weighted by atomic mass is 10.0. The van der Waals surface area contributed by atoms with Gasteiger partial charge in [-0.25, -0.2) is 0 Å². The Morgan fingerprint density at radius 2 is 2.00 bits per heavy atom. The molecule has 0 aromatic heterocycles. The van der Waals surface area contributed by atoms with Crippen molar-refractivity contribution in [3.8, 4) is 0 Å². The Kier molecular flexibility index (Phi) is 6.91. The number of likely N-dealkylation sites (N-methyl/N-ethyl adjacent to an activating group) is 1. The van der Waals surface area contributed by atoms with E-state index in [2.05, 4.69) is 66.2 Å². The van der Waals surface area contributed by atoms with Gasteiger partial charge in [0.15, 0.2) is 0 Å². The first kappa shape index (κ1) is 15.9. The van der Waals surface area contributed by atoms with E-state index >= 15 is 0 Å². The minimum atomic E-state index is 0.498. The molecule has 1 aliphatic rings. The normalized spacial score (nSPS) is 21.1. The summed E-state index contributed by atoms with van der Waals surface area (Å²) in [6, 6.07) is 12.1. The molecule has 0 spiro atoms. The van der Waals surface area contributed by atoms with E-state index in [0.717, 1.165) is 19.6 Å². The molecule has 1 fully saturated rings. The van der Waals surface area contributed by atoms with Gasteiger partial charge >= 0.3 is 0 Å². The van der Waals surface area contributed by atoms with Gasteiger partial charge in [-0.15, -0.1) is 0 Å². The molecule has 2 nitrogen and oxygen atoms in total. The van der Waals surface area contributed by atoms with Gasteiger partial charge in [-0.3, -0.25) is 4.90 Å². The van der Waals surface area contributed by atoms with Gasteiger partial charge in [-0.1, -0.05) is 44.2 Å². The highest BCUT2D eigenvalue weighted by Gasteiger charge is 2.20. The highest BCUT2D eigenvalue weighted by atomic mass is 32.2. The van der Waals surface area contributed by atoms with Gasteiger partial charge in [0, 0.05) is 24.4 Å². The smallest absolute Gasteiger partial charge is 0.0472 e. The van der Waals surface area contributed by atoms with Crippen molar-refractivity contribution in [2.75, 3.05) is 31.1 Å². The van der Waals surface area contributed by atoms with E-state index in [-0.39, 0.29) is 0 Å². The molecule has 112 valence electrons. The zero-order valence-electron chi connectivity index (χ0n) is 12.8. The molecule has 2 rings (SSSR count). The van der Waals surface area contributed by atoms with E-state index in [0.29, 0.717) is 12.1 Å². The SMILES string of the molecule is CCN(CC)C(CNC1CCCSC1)c1ccccc1. The van der Waals surface area contributed by atoms with Crippen LogP contribution in [0.1, 0.15) is 38.3 Å². The van der Waals surface area contributed by atoms with E-state index in [1.165, 1.54) is 29.9 Å². The van der Waals surface area contributed by atoms with E-state index in [1.54, 1.807) is 0 Å². The maximum absolute atomic E-state index is 3.81. The van der Waals surface area contributed by atoms with Gasteiger partial charge in [0.05, 0.1) is 0 Å². The van der Waals surface area contributed by atoms with E-state index in [4.69, 9.17) is 0 Å². The monoisotopic (exact) mass is 292 g/mol. The standard InChI is InChI=1S/C17H28N2S/c1-3-19(4-2)17(15-9-6-5-7-10-15)13-18-16-11-8-12-20-14-16/h5-7,9-10,16-18H,3-4,8,11-14H2,1-2H3. The molecule has 1 aliphatic heterocycles. The predicted octanol–water partition coefficient (Wildman–Crippen LogP) is 3.55. The molecule has 1 aromatic rings. The molecule has 1 N–H and O–H groups in total. The quantitative estimate of drug-likeness (QED) is 0.827. The van der Waals surface area contributed by atoms with Crippen LogP contribution in [0.5, 0.6) is 0 Å². The Hall–Kier alpha value is -0.510. The molecule has 0 amide bonds. The van der Waals surface area contributed by atoms with Crippen LogP contribution in [0.15, 0.2) is 30.3 Å². The van der Waals surface area contributed by atoms with Crippen LogP contribution in [0, 0.1) is 0 Å². The number of rotatable bonds is 7. The largest absolute Gasteiger partial charge is 0.311 e. The third-order valence-electron chi connectivity index (χ3n) is 4.20.